The van der Waals surface area contributed by atoms with Gasteiger partial charge < -0.3 is 16.0 Å². The molecule has 0 saturated carbocycles. The molecule has 0 atom stereocenters. The van der Waals surface area contributed by atoms with Crippen LogP contribution in [0.2, 0.25) is 0 Å². The molecule has 3 rings (SSSR count). The van der Waals surface area contributed by atoms with Gasteiger partial charge in [0.15, 0.2) is 5.43 Å². The molecular weight excluding hydrogens is 400 g/mol. The summed E-state index contributed by atoms with van der Waals surface area (Å²) >= 11 is 0. The largest absolute Gasteiger partial charge is 0.405 e. The molecule has 6 nitrogen and oxygen atoms in total. The molecule has 1 amide bonds. The molecule has 0 spiro atoms. The van der Waals surface area contributed by atoms with Crippen LogP contribution in [0.15, 0.2) is 72.2 Å². The Labute approximate surface area is 190 Å². The van der Waals surface area contributed by atoms with Gasteiger partial charge in [0.05, 0.1) is 11.6 Å². The van der Waals surface area contributed by atoms with Crippen molar-refractivity contribution < 1.29 is 4.79 Å². The molecule has 3 aromatic rings. The van der Waals surface area contributed by atoms with Crippen LogP contribution in [0, 0.1) is 11.3 Å². The summed E-state index contributed by atoms with van der Waals surface area (Å²) in [5.41, 5.74) is 5.53. The van der Waals surface area contributed by atoms with E-state index in [0.717, 1.165) is 5.52 Å². The van der Waals surface area contributed by atoms with Crippen LogP contribution in [-0.4, -0.2) is 16.4 Å². The minimum Gasteiger partial charge on any atom is -0.405 e. The quantitative estimate of drug-likeness (QED) is 0.370. The number of aromatic nitrogens is 1. The number of carbonyl (C=O) groups excluding carboxylic acids is 1. The fourth-order valence-electron chi connectivity index (χ4n) is 2.45. The van der Waals surface area contributed by atoms with Crippen LogP contribution in [-0.2, 0) is 0 Å². The summed E-state index contributed by atoms with van der Waals surface area (Å²) < 4.78 is 0. The molecule has 0 bridgehead atoms. The minimum atomic E-state index is -0.956. The highest BCUT2D eigenvalue weighted by molar-refractivity contribution is 6.00. The molecule has 170 valence electrons. The van der Waals surface area contributed by atoms with Gasteiger partial charge in [-0.05, 0) is 64.2 Å². The van der Waals surface area contributed by atoms with Crippen molar-refractivity contribution in [2.45, 2.75) is 47.1 Å². The molecule has 32 heavy (non-hydrogen) atoms. The number of nitriles is 1. The van der Waals surface area contributed by atoms with Crippen molar-refractivity contribution in [1.82, 2.24) is 10.3 Å². The Balaban J connectivity index is 0.000000926. The molecular formula is C26H34N4O2. The zero-order valence-corrected chi connectivity index (χ0v) is 19.8. The molecule has 4 N–H and O–H groups in total. The van der Waals surface area contributed by atoms with Gasteiger partial charge in [0.1, 0.15) is 5.54 Å². The third-order valence-corrected chi connectivity index (χ3v) is 3.87. The van der Waals surface area contributed by atoms with Crippen LogP contribution in [0.5, 0.6) is 0 Å². The summed E-state index contributed by atoms with van der Waals surface area (Å²) in [6.07, 6.45) is 5.03. The summed E-state index contributed by atoms with van der Waals surface area (Å²) in [6.45, 7) is 14.4. The van der Waals surface area contributed by atoms with E-state index >= 15 is 0 Å². The minimum absolute atomic E-state index is 0.0707. The Hall–Kier alpha value is -3.85. The third kappa shape index (κ3) is 8.11. The number of H-pyrrole nitrogens is 1. The summed E-state index contributed by atoms with van der Waals surface area (Å²) in [6, 6.07) is 14.1. The second-order valence-electron chi connectivity index (χ2n) is 6.89. The SMILES string of the molecule is C/C=C\N.C=CC.CC.CC(C)(C#N)NC(=O)c1ccc2c(=O)c3ccccc3[nH]c2c1. The summed E-state index contributed by atoms with van der Waals surface area (Å²) in [4.78, 5) is 27.9. The molecule has 2 aromatic carbocycles. The number of nitrogens with one attached hydrogen (secondary N) is 2. The van der Waals surface area contributed by atoms with E-state index < -0.39 is 5.54 Å². The molecule has 0 aliphatic heterocycles. The maximum absolute atomic E-state index is 12.5. The lowest BCUT2D eigenvalue weighted by atomic mass is 10.0. The van der Waals surface area contributed by atoms with Crippen molar-refractivity contribution in [2.75, 3.05) is 0 Å². The Kier molecular flexibility index (Phi) is 12.5. The first kappa shape index (κ1) is 28.2. The average molecular weight is 435 g/mol. The van der Waals surface area contributed by atoms with Gasteiger partial charge in [0.25, 0.3) is 5.91 Å². The molecule has 0 radical (unpaired) electrons. The smallest absolute Gasteiger partial charge is 0.252 e. The number of nitrogens with two attached hydrogens (primary N) is 1. The molecule has 1 aromatic heterocycles. The van der Waals surface area contributed by atoms with E-state index in [1.165, 1.54) is 6.20 Å². The van der Waals surface area contributed by atoms with Gasteiger partial charge in [-0.15, -0.1) is 6.58 Å². The number of aromatic amines is 1. The number of carbonyl (C=O) groups is 1. The van der Waals surface area contributed by atoms with E-state index in [0.29, 0.717) is 21.9 Å². The first-order valence-corrected chi connectivity index (χ1v) is 10.4. The van der Waals surface area contributed by atoms with E-state index in [1.807, 2.05) is 52.0 Å². The van der Waals surface area contributed by atoms with Crippen LogP contribution in [0.25, 0.3) is 21.8 Å². The second-order valence-corrected chi connectivity index (χ2v) is 6.89. The predicted molar refractivity (Wildman–Crippen MR) is 135 cm³/mol. The van der Waals surface area contributed by atoms with Crippen LogP contribution >= 0.6 is 0 Å². The van der Waals surface area contributed by atoms with E-state index in [9.17, 15) is 9.59 Å². The standard InChI is InChI=1S/C18H15N3O2.C3H7N.C3H6.C2H6/c1-18(2,10-19)21-17(23)11-7-8-13-15(9-11)20-14-6-4-3-5-12(14)16(13)22;1-2-3-4;1-3-2;1-2/h3-9H,1-2H3,(H,20,22)(H,21,23);2-3H,4H2,1H3;3H,1H2,2H3;1-2H3/b;3-2-;;. The van der Waals surface area contributed by atoms with Crippen LogP contribution in [0.4, 0.5) is 0 Å². The van der Waals surface area contributed by atoms with Crippen molar-refractivity contribution >= 4 is 27.7 Å². The number of nitrogens with zero attached hydrogens (tertiary/aromatic N) is 1. The van der Waals surface area contributed by atoms with Crippen LogP contribution in [0.3, 0.4) is 0 Å². The Bertz CT molecular complexity index is 1150. The zero-order chi connectivity index (χ0) is 24.7. The summed E-state index contributed by atoms with van der Waals surface area (Å²) in [5, 5.41) is 12.8. The first-order chi connectivity index (χ1) is 15.2. The second kappa shape index (κ2) is 14.2. The van der Waals surface area contributed by atoms with E-state index in [4.69, 9.17) is 11.0 Å². The fourth-order valence-corrected chi connectivity index (χ4v) is 2.45. The number of amides is 1. The van der Waals surface area contributed by atoms with Crippen molar-refractivity contribution in [1.29, 1.82) is 5.26 Å². The van der Waals surface area contributed by atoms with Crippen molar-refractivity contribution in [2.24, 2.45) is 5.73 Å². The van der Waals surface area contributed by atoms with Crippen molar-refractivity contribution in [3.8, 4) is 6.07 Å². The lowest BCUT2D eigenvalue weighted by molar-refractivity contribution is 0.0929. The molecule has 0 aliphatic rings. The topological polar surface area (TPSA) is 112 Å². The molecule has 0 saturated heterocycles. The number of para-hydroxylation sites is 1. The van der Waals surface area contributed by atoms with Crippen LogP contribution < -0.4 is 16.5 Å². The number of hydrogen-bond acceptors (Lipinski definition) is 4. The van der Waals surface area contributed by atoms with Gasteiger partial charge >= 0.3 is 0 Å². The normalized spacial score (nSPS) is 9.91. The maximum Gasteiger partial charge on any atom is 0.252 e. The number of rotatable bonds is 2. The van der Waals surface area contributed by atoms with Gasteiger partial charge in [0, 0.05) is 21.9 Å². The highest BCUT2D eigenvalue weighted by Gasteiger charge is 2.20. The van der Waals surface area contributed by atoms with Gasteiger partial charge in [-0.2, -0.15) is 5.26 Å². The van der Waals surface area contributed by atoms with Gasteiger partial charge in [-0.25, -0.2) is 0 Å². The van der Waals surface area contributed by atoms with Crippen LogP contribution in [0.1, 0.15) is 51.9 Å². The average Bonchev–Trinajstić information content (AvgIpc) is 2.80. The highest BCUT2D eigenvalue weighted by atomic mass is 16.1. The lowest BCUT2D eigenvalue weighted by Crippen LogP contribution is -2.42. The van der Waals surface area contributed by atoms with E-state index in [-0.39, 0.29) is 11.3 Å². The Morgan fingerprint density at radius 1 is 1.12 bits per heavy atom. The number of hydrogen-bond donors (Lipinski definition) is 3. The number of allylic oxidation sites excluding steroid dienone is 2. The zero-order valence-electron chi connectivity index (χ0n) is 19.8. The monoisotopic (exact) mass is 434 g/mol. The lowest BCUT2D eigenvalue weighted by Gasteiger charge is -2.17. The molecule has 0 unspecified atom stereocenters. The third-order valence-electron chi connectivity index (χ3n) is 3.87. The van der Waals surface area contributed by atoms with Crippen molar-refractivity contribution in [3.05, 3.63) is 83.2 Å². The van der Waals surface area contributed by atoms with Gasteiger partial charge in [0.2, 0.25) is 0 Å². The molecule has 0 aliphatic carbocycles. The van der Waals surface area contributed by atoms with Gasteiger partial charge in [-0.1, -0.05) is 38.1 Å². The predicted octanol–water partition coefficient (Wildman–Crippen LogP) is 5.41. The number of pyridine rings is 1. The molecule has 1 heterocycles. The van der Waals surface area contributed by atoms with Crippen molar-refractivity contribution in [3.63, 3.8) is 0 Å². The summed E-state index contributed by atoms with van der Waals surface area (Å²) in [7, 11) is 0. The first-order valence-electron chi connectivity index (χ1n) is 10.4. The summed E-state index contributed by atoms with van der Waals surface area (Å²) in [5.74, 6) is -0.354. The highest BCUT2D eigenvalue weighted by Crippen LogP contribution is 2.16. The molecule has 0 fully saturated rings. The Morgan fingerprint density at radius 3 is 2.19 bits per heavy atom. The number of fused-ring (bicyclic) bond motifs is 2. The fraction of sp³-hybridized carbons (Fsp3) is 0.269. The van der Waals surface area contributed by atoms with Gasteiger partial charge in [-0.3, -0.25) is 9.59 Å². The Morgan fingerprint density at radius 2 is 1.66 bits per heavy atom. The maximum atomic E-state index is 12.5. The number of benzene rings is 2. The molecule has 6 heteroatoms. The van der Waals surface area contributed by atoms with E-state index in [2.05, 4.69) is 16.9 Å². The van der Waals surface area contributed by atoms with E-state index in [1.54, 1.807) is 50.3 Å².